The highest BCUT2D eigenvalue weighted by Gasteiger charge is 1.83. The average molecular weight is 139 g/mol. The molecule has 0 radical (unpaired) electrons. The van der Waals surface area contributed by atoms with Crippen molar-refractivity contribution in [3.63, 3.8) is 0 Å². The van der Waals surface area contributed by atoms with E-state index in [0.717, 1.165) is 11.4 Å². The van der Waals surface area contributed by atoms with Crippen LogP contribution in [-0.4, -0.2) is 25.6 Å². The fourth-order valence-electron chi connectivity index (χ4n) is 0.295. The van der Waals surface area contributed by atoms with Crippen LogP contribution >= 0.6 is 0 Å². The van der Waals surface area contributed by atoms with Crippen LogP contribution in [-0.2, 0) is 0 Å². The Balaban J connectivity index is 3.88. The Bertz CT molecular complexity index is 168. The standard InChI is InChI=1S/C7H13N3/c1-6(4-8)5-10-7(2)9-3/h5H,1,4,8H2,2-3H3. The monoisotopic (exact) mass is 139 g/mol. The van der Waals surface area contributed by atoms with Gasteiger partial charge >= 0.3 is 0 Å². The quantitative estimate of drug-likeness (QED) is 0.442. The lowest BCUT2D eigenvalue weighted by Gasteiger charge is -1.90. The zero-order valence-electron chi connectivity index (χ0n) is 6.46. The molecule has 0 aromatic rings. The van der Waals surface area contributed by atoms with E-state index < -0.39 is 0 Å². The number of aliphatic imine (C=N–C) groups is 2. The van der Waals surface area contributed by atoms with Gasteiger partial charge in [0.2, 0.25) is 0 Å². The maximum absolute atomic E-state index is 5.27. The van der Waals surface area contributed by atoms with E-state index >= 15 is 0 Å². The average Bonchev–Trinajstić information content (AvgIpc) is 1.99. The van der Waals surface area contributed by atoms with Gasteiger partial charge in [-0.15, -0.1) is 0 Å². The van der Waals surface area contributed by atoms with Crippen molar-refractivity contribution in [2.45, 2.75) is 6.92 Å². The third kappa shape index (κ3) is 3.97. The van der Waals surface area contributed by atoms with E-state index in [9.17, 15) is 0 Å². The number of amidine groups is 1. The maximum atomic E-state index is 5.27. The molecule has 0 unspecified atom stereocenters. The molecule has 0 atom stereocenters. The van der Waals surface area contributed by atoms with Crippen molar-refractivity contribution in [1.29, 1.82) is 0 Å². The van der Waals surface area contributed by atoms with Gasteiger partial charge in [-0.2, -0.15) is 0 Å². The highest BCUT2D eigenvalue weighted by atomic mass is 14.9. The van der Waals surface area contributed by atoms with Crippen molar-refractivity contribution < 1.29 is 0 Å². The Morgan fingerprint density at radius 3 is 2.70 bits per heavy atom. The molecule has 3 nitrogen and oxygen atoms in total. The Hall–Kier alpha value is -0.960. The zero-order chi connectivity index (χ0) is 7.98. The second-order valence-corrected chi connectivity index (χ2v) is 1.89. The Morgan fingerprint density at radius 1 is 1.70 bits per heavy atom. The molecule has 0 saturated carbocycles. The Morgan fingerprint density at radius 2 is 2.30 bits per heavy atom. The summed E-state index contributed by atoms with van der Waals surface area (Å²) >= 11 is 0. The van der Waals surface area contributed by atoms with Gasteiger partial charge in [0.05, 0.1) is 0 Å². The summed E-state index contributed by atoms with van der Waals surface area (Å²) in [4.78, 5) is 7.79. The fourth-order valence-corrected chi connectivity index (χ4v) is 0.295. The minimum absolute atomic E-state index is 0.445. The molecule has 2 N–H and O–H groups in total. The van der Waals surface area contributed by atoms with Crippen molar-refractivity contribution in [1.82, 2.24) is 0 Å². The predicted octanol–water partition coefficient (Wildman–Crippen LogP) is 0.620. The zero-order valence-corrected chi connectivity index (χ0v) is 6.46. The molecular weight excluding hydrogens is 126 g/mol. The number of hydrogen-bond donors (Lipinski definition) is 1. The van der Waals surface area contributed by atoms with Crippen molar-refractivity contribution in [2.24, 2.45) is 15.7 Å². The molecule has 10 heavy (non-hydrogen) atoms. The van der Waals surface area contributed by atoms with E-state index in [2.05, 4.69) is 16.6 Å². The predicted molar refractivity (Wildman–Crippen MR) is 45.7 cm³/mol. The third-order valence-electron chi connectivity index (χ3n) is 1.02. The van der Waals surface area contributed by atoms with Gasteiger partial charge in [-0.3, -0.25) is 4.99 Å². The van der Waals surface area contributed by atoms with Gasteiger partial charge in [0.15, 0.2) is 0 Å². The van der Waals surface area contributed by atoms with Gasteiger partial charge in [0, 0.05) is 19.8 Å². The Kier molecular flexibility index (Phi) is 4.41. The van der Waals surface area contributed by atoms with Crippen LogP contribution in [0.5, 0.6) is 0 Å². The van der Waals surface area contributed by atoms with Crippen LogP contribution < -0.4 is 5.73 Å². The van der Waals surface area contributed by atoms with Crippen LogP contribution in [0.2, 0.25) is 0 Å². The molecule has 0 aromatic heterocycles. The molecule has 0 bridgehead atoms. The van der Waals surface area contributed by atoms with Gasteiger partial charge in [0.25, 0.3) is 0 Å². The van der Waals surface area contributed by atoms with E-state index in [1.54, 1.807) is 13.3 Å². The second kappa shape index (κ2) is 4.88. The van der Waals surface area contributed by atoms with E-state index in [1.807, 2.05) is 6.92 Å². The molecule has 0 aliphatic heterocycles. The molecule has 0 fully saturated rings. The summed E-state index contributed by atoms with van der Waals surface area (Å²) < 4.78 is 0. The summed E-state index contributed by atoms with van der Waals surface area (Å²) in [5.74, 6) is 0.731. The summed E-state index contributed by atoms with van der Waals surface area (Å²) in [6.07, 6.45) is 1.63. The smallest absolute Gasteiger partial charge is 0.119 e. The van der Waals surface area contributed by atoms with Gasteiger partial charge in [0.1, 0.15) is 5.84 Å². The molecule has 0 rings (SSSR count). The minimum Gasteiger partial charge on any atom is -0.326 e. The van der Waals surface area contributed by atoms with Crippen molar-refractivity contribution >= 4 is 12.1 Å². The van der Waals surface area contributed by atoms with E-state index in [1.165, 1.54) is 0 Å². The highest BCUT2D eigenvalue weighted by Crippen LogP contribution is 1.81. The molecule has 0 aliphatic carbocycles. The minimum atomic E-state index is 0.445. The maximum Gasteiger partial charge on any atom is 0.119 e. The molecular formula is C7H13N3. The molecule has 56 valence electrons. The normalized spacial score (nSPS) is 12.5. The first kappa shape index (κ1) is 9.04. The fraction of sp³-hybridized carbons (Fsp3) is 0.429. The number of rotatable bonds is 2. The van der Waals surface area contributed by atoms with Crippen LogP contribution in [0.15, 0.2) is 22.1 Å². The summed E-state index contributed by atoms with van der Waals surface area (Å²) in [6.45, 7) is 5.91. The van der Waals surface area contributed by atoms with Gasteiger partial charge < -0.3 is 5.73 Å². The lowest BCUT2D eigenvalue weighted by Crippen LogP contribution is -2.03. The third-order valence-corrected chi connectivity index (χ3v) is 1.02. The summed E-state index contributed by atoms with van der Waals surface area (Å²) in [7, 11) is 1.69. The van der Waals surface area contributed by atoms with Crippen LogP contribution in [0.1, 0.15) is 6.92 Å². The van der Waals surface area contributed by atoms with Crippen molar-refractivity contribution in [3.05, 3.63) is 12.2 Å². The second-order valence-electron chi connectivity index (χ2n) is 1.89. The Labute approximate surface area is 61.4 Å². The summed E-state index contributed by atoms with van der Waals surface area (Å²) in [6, 6.07) is 0. The van der Waals surface area contributed by atoms with Crippen molar-refractivity contribution in [2.75, 3.05) is 13.6 Å². The number of nitrogens with two attached hydrogens (primary N) is 1. The van der Waals surface area contributed by atoms with Crippen LogP contribution in [0.25, 0.3) is 0 Å². The summed E-state index contributed by atoms with van der Waals surface area (Å²) in [5, 5.41) is 0. The first-order valence-corrected chi connectivity index (χ1v) is 3.06. The van der Waals surface area contributed by atoms with Gasteiger partial charge in [-0.05, 0) is 12.5 Å². The van der Waals surface area contributed by atoms with E-state index in [0.29, 0.717) is 6.54 Å². The molecule has 0 heterocycles. The molecule has 3 heteroatoms. The lowest BCUT2D eigenvalue weighted by molar-refractivity contribution is 1.22. The number of hydrogen-bond acceptors (Lipinski definition) is 2. The topological polar surface area (TPSA) is 50.7 Å². The number of nitrogens with zero attached hydrogens (tertiary/aromatic N) is 2. The molecule has 0 aromatic carbocycles. The molecule has 0 amide bonds. The first-order valence-electron chi connectivity index (χ1n) is 3.06. The van der Waals surface area contributed by atoms with Gasteiger partial charge in [-0.1, -0.05) is 6.58 Å². The van der Waals surface area contributed by atoms with E-state index in [-0.39, 0.29) is 0 Å². The van der Waals surface area contributed by atoms with Crippen LogP contribution in [0.4, 0.5) is 0 Å². The van der Waals surface area contributed by atoms with Crippen molar-refractivity contribution in [3.8, 4) is 0 Å². The SMILES string of the molecule is C=C(C=NC(C)=NC)CN. The van der Waals surface area contributed by atoms with Crippen LogP contribution in [0.3, 0.4) is 0 Å². The highest BCUT2D eigenvalue weighted by molar-refractivity contribution is 5.92. The molecule has 0 spiro atoms. The molecule has 0 saturated heterocycles. The van der Waals surface area contributed by atoms with Gasteiger partial charge in [-0.25, -0.2) is 4.99 Å². The van der Waals surface area contributed by atoms with E-state index in [4.69, 9.17) is 5.73 Å². The van der Waals surface area contributed by atoms with Crippen LogP contribution in [0, 0.1) is 0 Å². The largest absolute Gasteiger partial charge is 0.326 e. The first-order chi connectivity index (χ1) is 4.70. The summed E-state index contributed by atoms with van der Waals surface area (Å²) in [5.41, 5.74) is 6.08. The molecule has 0 aliphatic rings. The lowest BCUT2D eigenvalue weighted by atomic mass is 10.3.